The van der Waals surface area contributed by atoms with Crippen LogP contribution < -0.4 is 9.47 Å². The molecule has 0 bridgehead atoms. The molecule has 0 aromatic heterocycles. The molecule has 0 radical (unpaired) electrons. The van der Waals surface area contributed by atoms with Crippen LogP contribution in [0.4, 0.5) is 0 Å². The Morgan fingerprint density at radius 2 is 2.10 bits per heavy atom. The molecule has 0 aliphatic carbocycles. The number of hydrogen-bond acceptors (Lipinski definition) is 6. The predicted molar refractivity (Wildman–Crippen MR) is 118 cm³/mol. The number of hydrogen-bond donors (Lipinski definition) is 1. The first kappa shape index (κ1) is 22.8. The Labute approximate surface area is 180 Å². The van der Waals surface area contributed by atoms with Crippen LogP contribution in [0.2, 0.25) is 0 Å². The molecule has 1 fully saturated rings. The molecular formula is C21H23NO5S2. The molecule has 1 saturated heterocycles. The number of amides is 1. The maximum atomic E-state index is 12.7. The molecule has 29 heavy (non-hydrogen) atoms. The van der Waals surface area contributed by atoms with Gasteiger partial charge in [0.1, 0.15) is 10.9 Å². The van der Waals surface area contributed by atoms with Gasteiger partial charge in [0.2, 0.25) is 0 Å². The summed E-state index contributed by atoms with van der Waals surface area (Å²) >= 11 is 6.59. The number of thioether (sulfide) groups is 1. The van der Waals surface area contributed by atoms with Crippen molar-refractivity contribution in [3.63, 3.8) is 0 Å². The van der Waals surface area contributed by atoms with Gasteiger partial charge in [0.15, 0.2) is 11.5 Å². The number of ether oxygens (including phenoxy) is 2. The minimum atomic E-state index is -0.805. The summed E-state index contributed by atoms with van der Waals surface area (Å²) in [6.45, 7) is 2.98. The van der Waals surface area contributed by atoms with Gasteiger partial charge in [0.05, 0.1) is 11.5 Å². The minimum Gasteiger partial charge on any atom is -0.490 e. The van der Waals surface area contributed by atoms with Gasteiger partial charge in [0, 0.05) is 13.0 Å². The van der Waals surface area contributed by atoms with E-state index in [4.69, 9.17) is 33.2 Å². The lowest BCUT2D eigenvalue weighted by molar-refractivity contribution is -0.137. The zero-order chi connectivity index (χ0) is 21.2. The molecule has 6 nitrogen and oxygen atoms in total. The first-order valence-electron chi connectivity index (χ1n) is 9.26. The van der Waals surface area contributed by atoms with E-state index in [0.717, 1.165) is 12.0 Å². The zero-order valence-corrected chi connectivity index (χ0v) is 17.8. The molecule has 0 atom stereocenters. The fourth-order valence-corrected chi connectivity index (χ4v) is 4.00. The predicted octanol–water partition coefficient (Wildman–Crippen LogP) is 3.94. The lowest BCUT2D eigenvalue weighted by atomic mass is 10.1. The molecule has 1 amide bonds. The van der Waals surface area contributed by atoms with Gasteiger partial charge in [-0.1, -0.05) is 42.4 Å². The first-order chi connectivity index (χ1) is 14.0. The first-order valence-corrected chi connectivity index (χ1v) is 10.5. The average molecular weight is 434 g/mol. The maximum absolute atomic E-state index is 12.7. The van der Waals surface area contributed by atoms with Crippen LogP contribution in [0.25, 0.3) is 6.08 Å². The number of thiocarbonyl (C=S) groups is 1. The van der Waals surface area contributed by atoms with Gasteiger partial charge in [-0.25, -0.2) is 0 Å². The van der Waals surface area contributed by atoms with Gasteiger partial charge in [-0.05, 0) is 43.5 Å². The van der Waals surface area contributed by atoms with Crippen molar-refractivity contribution in [1.82, 2.24) is 4.90 Å². The standard InChI is InChI=1S/C21H23NO5S2/c1-3-12-27-16-10-9-15(13-17(16)26-4-2)14-18-20(25)22(21(28)29-18)11-7-5-6-8-19(23)24/h1,9-10,13-14H,4-8,11-12H2,2H3,(H,23,24)/b18-14-. The van der Waals surface area contributed by atoms with Gasteiger partial charge < -0.3 is 14.6 Å². The molecule has 1 N–H and O–H groups in total. The number of terminal acetylenes is 1. The number of carbonyl (C=O) groups excluding carboxylic acids is 1. The molecular weight excluding hydrogens is 410 g/mol. The Balaban J connectivity index is 2.05. The second kappa shape index (κ2) is 11.5. The highest BCUT2D eigenvalue weighted by molar-refractivity contribution is 8.26. The van der Waals surface area contributed by atoms with Crippen molar-refractivity contribution >= 4 is 46.3 Å². The highest BCUT2D eigenvalue weighted by Crippen LogP contribution is 2.35. The number of nitrogens with zero attached hydrogens (tertiary/aromatic N) is 1. The molecule has 1 heterocycles. The normalized spacial score (nSPS) is 14.9. The summed E-state index contributed by atoms with van der Waals surface area (Å²) in [4.78, 5) is 25.4. The lowest BCUT2D eigenvalue weighted by Gasteiger charge is -2.13. The highest BCUT2D eigenvalue weighted by Gasteiger charge is 2.31. The smallest absolute Gasteiger partial charge is 0.303 e. The van der Waals surface area contributed by atoms with E-state index >= 15 is 0 Å². The van der Waals surface area contributed by atoms with Gasteiger partial charge in [0.25, 0.3) is 5.91 Å². The van der Waals surface area contributed by atoms with Crippen molar-refractivity contribution in [2.24, 2.45) is 0 Å². The number of aliphatic carboxylic acids is 1. The molecule has 154 valence electrons. The molecule has 1 aliphatic heterocycles. The van der Waals surface area contributed by atoms with Crippen LogP contribution in [0.5, 0.6) is 11.5 Å². The Kier molecular flexibility index (Phi) is 9.03. The van der Waals surface area contributed by atoms with Crippen molar-refractivity contribution in [2.75, 3.05) is 19.8 Å². The van der Waals surface area contributed by atoms with Crippen LogP contribution in [-0.2, 0) is 9.59 Å². The lowest BCUT2D eigenvalue weighted by Crippen LogP contribution is -2.29. The number of rotatable bonds is 11. The molecule has 1 aromatic rings. The molecule has 1 aromatic carbocycles. The minimum absolute atomic E-state index is 0.135. The van der Waals surface area contributed by atoms with E-state index in [1.807, 2.05) is 13.0 Å². The fraction of sp³-hybridized carbons (Fsp3) is 0.381. The van der Waals surface area contributed by atoms with Crippen molar-refractivity contribution in [3.05, 3.63) is 28.7 Å². The van der Waals surface area contributed by atoms with E-state index in [1.165, 1.54) is 11.8 Å². The van der Waals surface area contributed by atoms with E-state index in [1.54, 1.807) is 23.1 Å². The number of carbonyl (C=O) groups is 2. The molecule has 2 rings (SSSR count). The second-order valence-corrected chi connectivity index (χ2v) is 7.85. The van der Waals surface area contributed by atoms with Crippen molar-refractivity contribution in [1.29, 1.82) is 0 Å². The second-order valence-electron chi connectivity index (χ2n) is 6.17. The quantitative estimate of drug-likeness (QED) is 0.245. The monoisotopic (exact) mass is 433 g/mol. The SMILES string of the molecule is C#CCOc1ccc(/C=C2\SC(=S)N(CCCCCC(=O)O)C2=O)cc1OCC. The van der Waals surface area contributed by atoms with Gasteiger partial charge >= 0.3 is 5.97 Å². The van der Waals surface area contributed by atoms with Crippen LogP contribution in [0, 0.1) is 12.3 Å². The van der Waals surface area contributed by atoms with Crippen LogP contribution in [0.3, 0.4) is 0 Å². The summed E-state index contributed by atoms with van der Waals surface area (Å²) < 4.78 is 11.6. The fourth-order valence-electron chi connectivity index (χ4n) is 2.69. The summed E-state index contributed by atoms with van der Waals surface area (Å²) in [5.41, 5.74) is 0.795. The maximum Gasteiger partial charge on any atom is 0.303 e. The van der Waals surface area contributed by atoms with Gasteiger partial charge in [-0.15, -0.1) is 6.42 Å². The van der Waals surface area contributed by atoms with Crippen LogP contribution >= 0.6 is 24.0 Å². The molecule has 0 unspecified atom stereocenters. The van der Waals surface area contributed by atoms with E-state index in [0.29, 0.717) is 46.7 Å². The van der Waals surface area contributed by atoms with E-state index < -0.39 is 5.97 Å². The number of unbranched alkanes of at least 4 members (excludes halogenated alkanes) is 2. The molecule has 0 saturated carbocycles. The molecule has 0 spiro atoms. The topological polar surface area (TPSA) is 76.1 Å². The van der Waals surface area contributed by atoms with Crippen LogP contribution in [-0.4, -0.2) is 46.0 Å². The van der Waals surface area contributed by atoms with Crippen molar-refractivity contribution < 1.29 is 24.2 Å². The number of carboxylic acid groups (broad SMARTS) is 1. The zero-order valence-electron chi connectivity index (χ0n) is 16.2. The van der Waals surface area contributed by atoms with E-state index in [9.17, 15) is 9.59 Å². The summed E-state index contributed by atoms with van der Waals surface area (Å²) in [6, 6.07) is 5.39. The van der Waals surface area contributed by atoms with Crippen molar-refractivity contribution in [3.8, 4) is 23.8 Å². The van der Waals surface area contributed by atoms with Crippen LogP contribution in [0.1, 0.15) is 38.2 Å². The summed E-state index contributed by atoms with van der Waals surface area (Å²) in [5.74, 6) is 2.59. The largest absolute Gasteiger partial charge is 0.490 e. The third-order valence-electron chi connectivity index (χ3n) is 4.02. The number of carboxylic acids is 1. The van der Waals surface area contributed by atoms with E-state index in [-0.39, 0.29) is 18.9 Å². The molecule has 8 heteroatoms. The third kappa shape index (κ3) is 6.80. The van der Waals surface area contributed by atoms with Gasteiger partial charge in [-0.2, -0.15) is 0 Å². The van der Waals surface area contributed by atoms with Crippen LogP contribution in [0.15, 0.2) is 23.1 Å². The van der Waals surface area contributed by atoms with Gasteiger partial charge in [-0.3, -0.25) is 14.5 Å². The molecule has 1 aliphatic rings. The van der Waals surface area contributed by atoms with E-state index in [2.05, 4.69) is 5.92 Å². The Morgan fingerprint density at radius 1 is 1.31 bits per heavy atom. The average Bonchev–Trinajstić information content (AvgIpc) is 2.94. The Bertz CT molecular complexity index is 844. The Hall–Kier alpha value is -2.50. The summed E-state index contributed by atoms with van der Waals surface area (Å²) in [6.07, 6.45) is 9.19. The number of benzene rings is 1. The third-order valence-corrected chi connectivity index (χ3v) is 5.40. The summed E-state index contributed by atoms with van der Waals surface area (Å²) in [7, 11) is 0. The van der Waals surface area contributed by atoms with Crippen molar-refractivity contribution in [2.45, 2.75) is 32.6 Å². The Morgan fingerprint density at radius 3 is 2.79 bits per heavy atom. The highest BCUT2D eigenvalue weighted by atomic mass is 32.2. The summed E-state index contributed by atoms with van der Waals surface area (Å²) in [5, 5.41) is 8.67.